The Morgan fingerprint density at radius 3 is 2.44 bits per heavy atom. The van der Waals surface area contributed by atoms with Crippen molar-refractivity contribution in [2.75, 3.05) is 18.4 Å². The van der Waals surface area contributed by atoms with Gasteiger partial charge in [0.05, 0.1) is 0 Å². The molecule has 1 fully saturated rings. The molecule has 0 aliphatic heterocycles. The number of hydrogen-bond acceptors (Lipinski definition) is 3. The Morgan fingerprint density at radius 1 is 1.20 bits per heavy atom. The monoisotopic (exact) mass is 367 g/mol. The lowest BCUT2D eigenvalue weighted by Crippen LogP contribution is -2.36. The molecule has 5 nitrogen and oxygen atoms in total. The fourth-order valence-corrected chi connectivity index (χ4v) is 3.50. The number of amides is 2. The average molecular weight is 368 g/mol. The highest BCUT2D eigenvalue weighted by Crippen LogP contribution is 2.38. The summed E-state index contributed by atoms with van der Waals surface area (Å²) in [4.78, 5) is 24.3. The van der Waals surface area contributed by atoms with Crippen LogP contribution in [0.4, 0.5) is 5.69 Å². The Kier molecular flexibility index (Phi) is 8.39. The van der Waals surface area contributed by atoms with Gasteiger partial charge in [-0.1, -0.05) is 19.3 Å². The van der Waals surface area contributed by atoms with Crippen molar-refractivity contribution in [1.29, 1.82) is 0 Å². The Hall–Kier alpha value is -1.59. The largest absolute Gasteiger partial charge is 0.352 e. The van der Waals surface area contributed by atoms with Crippen molar-refractivity contribution in [1.82, 2.24) is 5.32 Å². The maximum absolute atomic E-state index is 12.5. The molecule has 4 N–H and O–H groups in total. The zero-order chi connectivity index (χ0) is 17.6. The summed E-state index contributed by atoms with van der Waals surface area (Å²) in [5.41, 5.74) is 8.18. The number of nitrogens with two attached hydrogens (primary N) is 1. The van der Waals surface area contributed by atoms with E-state index in [4.69, 9.17) is 5.73 Å². The van der Waals surface area contributed by atoms with Crippen LogP contribution in [0.15, 0.2) is 18.2 Å². The molecule has 1 aromatic rings. The Labute approximate surface area is 156 Å². The first-order valence-electron chi connectivity index (χ1n) is 8.88. The van der Waals surface area contributed by atoms with Crippen LogP contribution in [-0.4, -0.2) is 24.9 Å². The van der Waals surface area contributed by atoms with E-state index in [1.54, 1.807) is 18.2 Å². The van der Waals surface area contributed by atoms with Crippen molar-refractivity contribution in [3.8, 4) is 0 Å². The third kappa shape index (κ3) is 5.72. The van der Waals surface area contributed by atoms with Crippen molar-refractivity contribution in [2.45, 2.75) is 52.4 Å². The molecular weight excluding hydrogens is 338 g/mol. The molecule has 1 aliphatic rings. The van der Waals surface area contributed by atoms with Gasteiger partial charge in [0.1, 0.15) is 0 Å². The predicted octanol–water partition coefficient (Wildman–Crippen LogP) is 3.40. The molecule has 2 rings (SSSR count). The molecule has 0 unspecified atom stereocenters. The molecule has 6 heteroatoms. The van der Waals surface area contributed by atoms with Crippen molar-refractivity contribution in [2.24, 2.45) is 11.1 Å². The summed E-state index contributed by atoms with van der Waals surface area (Å²) in [6.07, 6.45) is 6.10. The minimum atomic E-state index is -0.0947. The summed E-state index contributed by atoms with van der Waals surface area (Å²) in [5.74, 6) is -0.0843. The summed E-state index contributed by atoms with van der Waals surface area (Å²) >= 11 is 0. The molecule has 1 aromatic carbocycles. The van der Waals surface area contributed by atoms with Gasteiger partial charge in [0, 0.05) is 24.2 Å². The normalized spacial score (nSPS) is 15.8. The van der Waals surface area contributed by atoms with Crippen molar-refractivity contribution < 1.29 is 9.59 Å². The predicted molar refractivity (Wildman–Crippen MR) is 104 cm³/mol. The Morgan fingerprint density at radius 2 is 1.88 bits per heavy atom. The van der Waals surface area contributed by atoms with E-state index in [2.05, 4.69) is 10.6 Å². The topological polar surface area (TPSA) is 84.2 Å². The van der Waals surface area contributed by atoms with Gasteiger partial charge in [0.2, 0.25) is 5.91 Å². The minimum absolute atomic E-state index is 0. The third-order valence-corrected chi connectivity index (χ3v) is 4.98. The number of anilines is 1. The van der Waals surface area contributed by atoms with Crippen LogP contribution in [0, 0.1) is 12.3 Å². The van der Waals surface area contributed by atoms with Gasteiger partial charge in [-0.25, -0.2) is 0 Å². The van der Waals surface area contributed by atoms with Gasteiger partial charge in [0.15, 0.2) is 0 Å². The van der Waals surface area contributed by atoms with E-state index < -0.39 is 0 Å². The van der Waals surface area contributed by atoms with E-state index in [1.807, 2.05) is 13.8 Å². The summed E-state index contributed by atoms with van der Waals surface area (Å²) < 4.78 is 0. The summed E-state index contributed by atoms with van der Waals surface area (Å²) in [6, 6.07) is 5.35. The Bertz CT molecular complexity index is 598. The number of carbonyl (C=O) groups excluding carboxylic acids is 2. The standard InChI is InChI=1S/C19H29N3O2.ClH/c1-3-21-18(24)15-7-8-16(14(2)11-15)22-17(23)12-19(13-20)9-5-4-6-10-19;/h7-8,11H,3-6,9-10,12-13,20H2,1-2H3,(H,21,24)(H,22,23);1H. The molecule has 0 aromatic heterocycles. The van der Waals surface area contributed by atoms with Crippen molar-refractivity contribution >= 4 is 29.9 Å². The fraction of sp³-hybridized carbons (Fsp3) is 0.579. The van der Waals surface area contributed by atoms with E-state index in [0.717, 1.165) is 36.9 Å². The Balaban J connectivity index is 0.00000312. The van der Waals surface area contributed by atoms with Crippen molar-refractivity contribution in [3.63, 3.8) is 0 Å². The lowest BCUT2D eigenvalue weighted by atomic mass is 9.71. The number of halogens is 1. The molecular formula is C19H30ClN3O2. The van der Waals surface area contributed by atoms with Crippen LogP contribution in [0.1, 0.15) is 61.4 Å². The highest BCUT2D eigenvalue weighted by atomic mass is 35.5. The lowest BCUT2D eigenvalue weighted by molar-refractivity contribution is -0.118. The minimum Gasteiger partial charge on any atom is -0.352 e. The van der Waals surface area contributed by atoms with Gasteiger partial charge in [-0.2, -0.15) is 0 Å². The second kappa shape index (κ2) is 9.78. The van der Waals surface area contributed by atoms with E-state index >= 15 is 0 Å². The smallest absolute Gasteiger partial charge is 0.251 e. The quantitative estimate of drug-likeness (QED) is 0.720. The second-order valence-corrected chi connectivity index (χ2v) is 6.88. The molecule has 0 heterocycles. The van der Waals surface area contributed by atoms with Gasteiger partial charge >= 0.3 is 0 Å². The maximum atomic E-state index is 12.5. The zero-order valence-corrected chi connectivity index (χ0v) is 16.0. The average Bonchev–Trinajstić information content (AvgIpc) is 2.57. The van der Waals surface area contributed by atoms with E-state index in [-0.39, 0.29) is 29.6 Å². The van der Waals surface area contributed by atoms with E-state index in [0.29, 0.717) is 25.1 Å². The first-order chi connectivity index (χ1) is 11.5. The summed E-state index contributed by atoms with van der Waals surface area (Å²) in [6.45, 7) is 4.95. The number of hydrogen-bond donors (Lipinski definition) is 3. The van der Waals surface area contributed by atoms with Crippen LogP contribution in [0.25, 0.3) is 0 Å². The van der Waals surface area contributed by atoms with Gasteiger partial charge in [-0.15, -0.1) is 12.4 Å². The van der Waals surface area contributed by atoms with Gasteiger partial charge in [0.25, 0.3) is 5.91 Å². The van der Waals surface area contributed by atoms with Gasteiger partial charge < -0.3 is 16.4 Å². The number of nitrogens with one attached hydrogen (secondary N) is 2. The van der Waals surface area contributed by atoms with Crippen LogP contribution in [-0.2, 0) is 4.79 Å². The molecule has 0 atom stereocenters. The molecule has 0 bridgehead atoms. The molecule has 140 valence electrons. The molecule has 0 spiro atoms. The number of aryl methyl sites for hydroxylation is 1. The maximum Gasteiger partial charge on any atom is 0.251 e. The molecule has 0 radical (unpaired) electrons. The van der Waals surface area contributed by atoms with Crippen molar-refractivity contribution in [3.05, 3.63) is 29.3 Å². The highest BCUT2D eigenvalue weighted by molar-refractivity contribution is 5.96. The molecule has 2 amide bonds. The number of rotatable bonds is 6. The van der Waals surface area contributed by atoms with E-state index in [1.165, 1.54) is 6.42 Å². The van der Waals surface area contributed by atoms with E-state index in [9.17, 15) is 9.59 Å². The first-order valence-corrected chi connectivity index (χ1v) is 8.88. The summed E-state index contributed by atoms with van der Waals surface area (Å²) in [7, 11) is 0. The third-order valence-electron chi connectivity index (χ3n) is 4.98. The fourth-order valence-electron chi connectivity index (χ4n) is 3.50. The van der Waals surface area contributed by atoms with Crippen LogP contribution < -0.4 is 16.4 Å². The van der Waals surface area contributed by atoms with Gasteiger partial charge in [-0.3, -0.25) is 9.59 Å². The SMILES string of the molecule is CCNC(=O)c1ccc(NC(=O)CC2(CN)CCCCC2)c(C)c1.Cl. The molecule has 1 saturated carbocycles. The molecule has 0 saturated heterocycles. The second-order valence-electron chi connectivity index (χ2n) is 6.88. The number of carbonyl (C=O) groups is 2. The van der Waals surface area contributed by atoms with Crippen LogP contribution in [0.2, 0.25) is 0 Å². The lowest BCUT2D eigenvalue weighted by Gasteiger charge is -2.35. The zero-order valence-electron chi connectivity index (χ0n) is 15.2. The van der Waals surface area contributed by atoms with Crippen LogP contribution in [0.5, 0.6) is 0 Å². The van der Waals surface area contributed by atoms with Crippen LogP contribution >= 0.6 is 12.4 Å². The van der Waals surface area contributed by atoms with Gasteiger partial charge in [-0.05, 0) is 62.4 Å². The summed E-state index contributed by atoms with van der Waals surface area (Å²) in [5, 5.41) is 5.76. The molecule has 25 heavy (non-hydrogen) atoms. The highest BCUT2D eigenvalue weighted by Gasteiger charge is 2.33. The number of benzene rings is 1. The van der Waals surface area contributed by atoms with Crippen LogP contribution in [0.3, 0.4) is 0 Å². The first kappa shape index (κ1) is 21.5. The molecule has 1 aliphatic carbocycles.